The van der Waals surface area contributed by atoms with Crippen molar-refractivity contribution in [3.05, 3.63) is 48.5 Å². The summed E-state index contributed by atoms with van der Waals surface area (Å²) in [5, 5.41) is 4.57. The van der Waals surface area contributed by atoms with Crippen molar-refractivity contribution in [3.8, 4) is 11.5 Å². The Balaban J connectivity index is 2.10. The lowest BCUT2D eigenvalue weighted by atomic mass is 10.0. The highest BCUT2D eigenvalue weighted by Crippen LogP contribution is 2.36. The monoisotopic (exact) mass is 295 g/mol. The highest BCUT2D eigenvalue weighted by Gasteiger charge is 2.09. The van der Waals surface area contributed by atoms with Crippen LogP contribution in [0.3, 0.4) is 0 Å². The van der Waals surface area contributed by atoms with Crippen LogP contribution in [0, 0.1) is 0 Å². The number of rotatable bonds is 6. The second-order valence-corrected chi connectivity index (χ2v) is 5.36. The second-order valence-electron chi connectivity index (χ2n) is 5.36. The van der Waals surface area contributed by atoms with Gasteiger partial charge in [0.2, 0.25) is 0 Å². The third kappa shape index (κ3) is 2.85. The van der Waals surface area contributed by atoms with E-state index in [0.29, 0.717) is 13.2 Å². The standard InChI is InChI=1S/C19H21NO2/c1-21-16-8-9-18-15(13-16)12-14-6-2-3-7-17(14)19(18)22-11-5-4-10-20/h2-3,6-9,12-13H,4-5,10-11,20H2,1H3. The summed E-state index contributed by atoms with van der Waals surface area (Å²) in [4.78, 5) is 0. The lowest BCUT2D eigenvalue weighted by Crippen LogP contribution is -2.04. The van der Waals surface area contributed by atoms with E-state index in [2.05, 4.69) is 30.3 Å². The van der Waals surface area contributed by atoms with Gasteiger partial charge >= 0.3 is 0 Å². The van der Waals surface area contributed by atoms with Crippen molar-refractivity contribution in [1.29, 1.82) is 0 Å². The molecule has 0 spiro atoms. The minimum Gasteiger partial charge on any atom is -0.497 e. The van der Waals surface area contributed by atoms with Crippen molar-refractivity contribution in [2.45, 2.75) is 12.8 Å². The van der Waals surface area contributed by atoms with Crippen LogP contribution < -0.4 is 15.2 Å². The Morgan fingerprint density at radius 3 is 2.55 bits per heavy atom. The van der Waals surface area contributed by atoms with Crippen LogP contribution in [0.15, 0.2) is 48.5 Å². The predicted molar refractivity (Wildman–Crippen MR) is 91.8 cm³/mol. The van der Waals surface area contributed by atoms with Crippen LogP contribution in [0.25, 0.3) is 21.5 Å². The number of fused-ring (bicyclic) bond motifs is 2. The number of methoxy groups -OCH3 is 1. The topological polar surface area (TPSA) is 44.5 Å². The molecule has 2 N–H and O–H groups in total. The van der Waals surface area contributed by atoms with E-state index in [9.17, 15) is 0 Å². The first kappa shape index (κ1) is 14.7. The number of hydrogen-bond donors (Lipinski definition) is 1. The summed E-state index contributed by atoms with van der Waals surface area (Å²) in [6, 6.07) is 16.6. The van der Waals surface area contributed by atoms with Gasteiger partial charge in [-0.2, -0.15) is 0 Å². The van der Waals surface area contributed by atoms with Gasteiger partial charge in [0.25, 0.3) is 0 Å². The summed E-state index contributed by atoms with van der Waals surface area (Å²) in [5.41, 5.74) is 5.55. The van der Waals surface area contributed by atoms with Gasteiger partial charge < -0.3 is 15.2 Å². The lowest BCUT2D eigenvalue weighted by Gasteiger charge is -2.14. The van der Waals surface area contributed by atoms with Crippen LogP contribution in [-0.4, -0.2) is 20.3 Å². The van der Waals surface area contributed by atoms with Crippen molar-refractivity contribution >= 4 is 21.5 Å². The fourth-order valence-electron chi connectivity index (χ4n) is 2.71. The van der Waals surface area contributed by atoms with Crippen molar-refractivity contribution in [2.75, 3.05) is 20.3 Å². The van der Waals surface area contributed by atoms with Crippen LogP contribution in [0.5, 0.6) is 11.5 Å². The van der Waals surface area contributed by atoms with Gasteiger partial charge in [0.15, 0.2) is 0 Å². The summed E-state index contributed by atoms with van der Waals surface area (Å²) < 4.78 is 11.4. The Kier molecular flexibility index (Phi) is 4.45. The lowest BCUT2D eigenvalue weighted by molar-refractivity contribution is 0.315. The van der Waals surface area contributed by atoms with Gasteiger partial charge in [-0.05, 0) is 54.4 Å². The SMILES string of the molecule is COc1ccc2c(OCCCCN)c3ccccc3cc2c1. The van der Waals surface area contributed by atoms with Gasteiger partial charge in [-0.3, -0.25) is 0 Å². The minimum atomic E-state index is 0.687. The molecule has 3 aromatic rings. The zero-order chi connectivity index (χ0) is 15.4. The van der Waals surface area contributed by atoms with E-state index in [1.54, 1.807) is 7.11 Å². The molecule has 0 radical (unpaired) electrons. The van der Waals surface area contributed by atoms with Gasteiger partial charge in [-0.1, -0.05) is 24.3 Å². The molecule has 0 aliphatic carbocycles. The Labute approximate surface area is 130 Å². The molecule has 0 amide bonds. The molecule has 3 rings (SSSR count). The molecule has 3 nitrogen and oxygen atoms in total. The molecule has 0 bridgehead atoms. The number of hydrogen-bond acceptors (Lipinski definition) is 3. The number of unbranched alkanes of at least 4 members (excludes halogenated alkanes) is 1. The average Bonchev–Trinajstić information content (AvgIpc) is 2.57. The first-order chi connectivity index (χ1) is 10.8. The summed E-state index contributed by atoms with van der Waals surface area (Å²) in [7, 11) is 1.69. The van der Waals surface area contributed by atoms with E-state index in [4.69, 9.17) is 15.2 Å². The van der Waals surface area contributed by atoms with Crippen LogP contribution in [0.4, 0.5) is 0 Å². The normalized spacial score (nSPS) is 11.0. The van der Waals surface area contributed by atoms with Crippen molar-refractivity contribution < 1.29 is 9.47 Å². The van der Waals surface area contributed by atoms with E-state index in [-0.39, 0.29) is 0 Å². The van der Waals surface area contributed by atoms with Crippen molar-refractivity contribution in [3.63, 3.8) is 0 Å². The van der Waals surface area contributed by atoms with E-state index >= 15 is 0 Å². The highest BCUT2D eigenvalue weighted by atomic mass is 16.5. The molecule has 22 heavy (non-hydrogen) atoms. The van der Waals surface area contributed by atoms with Crippen LogP contribution in [0.2, 0.25) is 0 Å². The van der Waals surface area contributed by atoms with Gasteiger partial charge in [0.1, 0.15) is 11.5 Å². The van der Waals surface area contributed by atoms with Gasteiger partial charge in [-0.25, -0.2) is 0 Å². The molecular weight excluding hydrogens is 274 g/mol. The fraction of sp³-hybridized carbons (Fsp3) is 0.263. The van der Waals surface area contributed by atoms with E-state index in [1.807, 2.05) is 18.2 Å². The molecule has 0 saturated heterocycles. The van der Waals surface area contributed by atoms with E-state index in [0.717, 1.165) is 40.5 Å². The van der Waals surface area contributed by atoms with Crippen molar-refractivity contribution in [2.24, 2.45) is 5.73 Å². The summed E-state index contributed by atoms with van der Waals surface area (Å²) >= 11 is 0. The van der Waals surface area contributed by atoms with E-state index < -0.39 is 0 Å². The molecule has 3 aromatic carbocycles. The largest absolute Gasteiger partial charge is 0.497 e. The molecule has 114 valence electrons. The van der Waals surface area contributed by atoms with Gasteiger partial charge in [0, 0.05) is 10.8 Å². The molecule has 0 unspecified atom stereocenters. The Bertz CT molecular complexity index is 783. The van der Waals surface area contributed by atoms with Gasteiger partial charge in [-0.15, -0.1) is 0 Å². The molecule has 3 heteroatoms. The first-order valence-electron chi connectivity index (χ1n) is 7.66. The third-order valence-electron chi connectivity index (χ3n) is 3.86. The quantitative estimate of drug-likeness (QED) is 0.549. The summed E-state index contributed by atoms with van der Waals surface area (Å²) in [6.45, 7) is 1.39. The Morgan fingerprint density at radius 2 is 1.73 bits per heavy atom. The molecule has 0 aliphatic heterocycles. The Morgan fingerprint density at radius 1 is 0.909 bits per heavy atom. The zero-order valence-electron chi connectivity index (χ0n) is 12.8. The third-order valence-corrected chi connectivity index (χ3v) is 3.86. The molecule has 0 aromatic heterocycles. The molecule has 0 aliphatic rings. The second kappa shape index (κ2) is 6.67. The number of ether oxygens (including phenoxy) is 2. The summed E-state index contributed by atoms with van der Waals surface area (Å²) in [5.74, 6) is 1.81. The van der Waals surface area contributed by atoms with Crippen LogP contribution in [-0.2, 0) is 0 Å². The molecule has 0 heterocycles. The molecule has 0 fully saturated rings. The molecule has 0 saturated carbocycles. The average molecular weight is 295 g/mol. The van der Waals surface area contributed by atoms with Crippen LogP contribution >= 0.6 is 0 Å². The molecular formula is C19H21NO2. The maximum absolute atomic E-state index is 6.11. The van der Waals surface area contributed by atoms with E-state index in [1.165, 1.54) is 5.39 Å². The minimum absolute atomic E-state index is 0.687. The Hall–Kier alpha value is -2.26. The number of nitrogens with two attached hydrogens (primary N) is 1. The number of benzene rings is 3. The predicted octanol–water partition coefficient (Wildman–Crippen LogP) is 4.12. The maximum atomic E-state index is 6.11. The highest BCUT2D eigenvalue weighted by molar-refractivity contribution is 6.05. The summed E-state index contributed by atoms with van der Waals surface area (Å²) in [6.07, 6.45) is 1.95. The smallest absolute Gasteiger partial charge is 0.134 e. The van der Waals surface area contributed by atoms with Gasteiger partial charge in [0.05, 0.1) is 13.7 Å². The van der Waals surface area contributed by atoms with Crippen LogP contribution in [0.1, 0.15) is 12.8 Å². The maximum Gasteiger partial charge on any atom is 0.134 e. The first-order valence-corrected chi connectivity index (χ1v) is 7.66. The van der Waals surface area contributed by atoms with Crippen molar-refractivity contribution in [1.82, 2.24) is 0 Å². The molecule has 0 atom stereocenters. The fourth-order valence-corrected chi connectivity index (χ4v) is 2.71. The zero-order valence-corrected chi connectivity index (χ0v) is 12.8.